The van der Waals surface area contributed by atoms with Crippen molar-refractivity contribution in [1.29, 1.82) is 0 Å². The normalized spacial score (nSPS) is 28.5. The third-order valence-electron chi connectivity index (χ3n) is 4.70. The van der Waals surface area contributed by atoms with Gasteiger partial charge in [-0.05, 0) is 49.9 Å². The number of halogens is 1. The van der Waals surface area contributed by atoms with Crippen LogP contribution in [0.1, 0.15) is 44.2 Å². The van der Waals surface area contributed by atoms with E-state index in [1.807, 2.05) is 0 Å². The SMILES string of the molecule is CCC(NC1CCN2CCCC12)c1ccc(Br)cc1. The Morgan fingerprint density at radius 2 is 2.05 bits per heavy atom. The highest BCUT2D eigenvalue weighted by Crippen LogP contribution is 2.30. The zero-order valence-corrected chi connectivity index (χ0v) is 13.2. The molecule has 0 aliphatic carbocycles. The predicted octanol–water partition coefficient (Wildman–Crippen LogP) is 3.73. The minimum atomic E-state index is 0.499. The molecule has 2 heterocycles. The minimum Gasteiger partial charge on any atom is -0.306 e. The van der Waals surface area contributed by atoms with Gasteiger partial charge in [-0.1, -0.05) is 35.0 Å². The molecule has 2 nitrogen and oxygen atoms in total. The third kappa shape index (κ3) is 2.88. The quantitative estimate of drug-likeness (QED) is 0.908. The zero-order valence-electron chi connectivity index (χ0n) is 11.6. The summed E-state index contributed by atoms with van der Waals surface area (Å²) in [5, 5.41) is 3.92. The highest BCUT2D eigenvalue weighted by molar-refractivity contribution is 9.10. The summed E-state index contributed by atoms with van der Waals surface area (Å²) in [7, 11) is 0. The van der Waals surface area contributed by atoms with Gasteiger partial charge in [-0.15, -0.1) is 0 Å². The van der Waals surface area contributed by atoms with Gasteiger partial charge in [0.1, 0.15) is 0 Å². The van der Waals surface area contributed by atoms with E-state index in [0.717, 1.165) is 16.9 Å². The first-order valence-corrected chi connectivity index (χ1v) is 8.33. The smallest absolute Gasteiger partial charge is 0.0320 e. The zero-order chi connectivity index (χ0) is 13.2. The molecule has 2 aliphatic rings. The van der Waals surface area contributed by atoms with Crippen LogP contribution in [0.4, 0.5) is 0 Å². The van der Waals surface area contributed by atoms with E-state index < -0.39 is 0 Å². The van der Waals surface area contributed by atoms with E-state index in [9.17, 15) is 0 Å². The van der Waals surface area contributed by atoms with E-state index in [4.69, 9.17) is 0 Å². The molecule has 2 aliphatic heterocycles. The van der Waals surface area contributed by atoms with Crippen molar-refractivity contribution in [3.63, 3.8) is 0 Å². The Kier molecular flexibility index (Phi) is 4.25. The van der Waals surface area contributed by atoms with E-state index in [1.165, 1.54) is 37.9 Å². The highest BCUT2D eigenvalue weighted by Gasteiger charge is 2.37. The second-order valence-corrected chi connectivity index (χ2v) is 6.74. The second kappa shape index (κ2) is 5.94. The lowest BCUT2D eigenvalue weighted by atomic mass is 10.0. The average molecular weight is 323 g/mol. The largest absolute Gasteiger partial charge is 0.306 e. The van der Waals surface area contributed by atoms with Gasteiger partial charge in [0.15, 0.2) is 0 Å². The summed E-state index contributed by atoms with van der Waals surface area (Å²) < 4.78 is 1.16. The summed E-state index contributed by atoms with van der Waals surface area (Å²) in [5.41, 5.74) is 1.42. The Hall–Kier alpha value is -0.380. The summed E-state index contributed by atoms with van der Waals surface area (Å²) in [6.45, 7) is 4.89. The fourth-order valence-electron chi connectivity index (χ4n) is 3.68. The monoisotopic (exact) mass is 322 g/mol. The molecule has 0 bridgehead atoms. The lowest BCUT2D eigenvalue weighted by molar-refractivity contribution is 0.287. The molecule has 0 spiro atoms. The molecule has 1 aromatic rings. The molecule has 0 aromatic heterocycles. The molecule has 0 saturated carbocycles. The van der Waals surface area contributed by atoms with E-state index >= 15 is 0 Å². The summed E-state index contributed by atoms with van der Waals surface area (Å²) >= 11 is 3.51. The molecule has 104 valence electrons. The van der Waals surface area contributed by atoms with Crippen molar-refractivity contribution in [3.8, 4) is 0 Å². The maximum Gasteiger partial charge on any atom is 0.0320 e. The standard InChI is InChI=1S/C16H23BrN2/c1-2-14(12-5-7-13(17)8-6-12)18-15-9-11-19-10-3-4-16(15)19/h5-8,14-16,18H,2-4,9-11H2,1H3. The van der Waals surface area contributed by atoms with E-state index in [2.05, 4.69) is 57.3 Å². The van der Waals surface area contributed by atoms with Crippen molar-refractivity contribution in [2.24, 2.45) is 0 Å². The van der Waals surface area contributed by atoms with Gasteiger partial charge in [-0.25, -0.2) is 0 Å². The first kappa shape index (κ1) is 13.6. The van der Waals surface area contributed by atoms with Gasteiger partial charge in [0.05, 0.1) is 0 Å². The molecule has 2 fully saturated rings. The Bertz CT molecular complexity index is 417. The van der Waals surface area contributed by atoms with Crippen molar-refractivity contribution >= 4 is 15.9 Å². The van der Waals surface area contributed by atoms with Gasteiger partial charge < -0.3 is 5.32 Å². The molecule has 0 radical (unpaired) electrons. The number of hydrogen-bond acceptors (Lipinski definition) is 2. The van der Waals surface area contributed by atoms with Gasteiger partial charge in [-0.3, -0.25) is 4.90 Å². The molecule has 19 heavy (non-hydrogen) atoms. The maximum absolute atomic E-state index is 3.92. The average Bonchev–Trinajstić information content (AvgIpc) is 3.01. The molecular weight excluding hydrogens is 300 g/mol. The number of fused-ring (bicyclic) bond motifs is 1. The van der Waals surface area contributed by atoms with Crippen LogP contribution in [0.3, 0.4) is 0 Å². The fraction of sp³-hybridized carbons (Fsp3) is 0.625. The van der Waals surface area contributed by atoms with Crippen molar-refractivity contribution in [2.45, 2.75) is 50.7 Å². The van der Waals surface area contributed by atoms with Crippen molar-refractivity contribution in [2.75, 3.05) is 13.1 Å². The van der Waals surface area contributed by atoms with Crippen LogP contribution >= 0.6 is 15.9 Å². The minimum absolute atomic E-state index is 0.499. The number of nitrogens with zero attached hydrogens (tertiary/aromatic N) is 1. The second-order valence-electron chi connectivity index (χ2n) is 5.82. The molecule has 3 unspecified atom stereocenters. The molecule has 3 heteroatoms. The first-order chi connectivity index (χ1) is 9.28. The maximum atomic E-state index is 3.92. The van der Waals surface area contributed by atoms with Gasteiger partial charge in [-0.2, -0.15) is 0 Å². The first-order valence-electron chi connectivity index (χ1n) is 7.53. The third-order valence-corrected chi connectivity index (χ3v) is 5.23. The van der Waals surface area contributed by atoms with Crippen LogP contribution in [0.5, 0.6) is 0 Å². The highest BCUT2D eigenvalue weighted by atomic mass is 79.9. The van der Waals surface area contributed by atoms with Crippen molar-refractivity contribution in [1.82, 2.24) is 10.2 Å². The Balaban J connectivity index is 1.68. The van der Waals surface area contributed by atoms with Crippen LogP contribution in [0.25, 0.3) is 0 Å². The summed E-state index contributed by atoms with van der Waals surface area (Å²) in [5.74, 6) is 0. The fourth-order valence-corrected chi connectivity index (χ4v) is 3.94. The summed E-state index contributed by atoms with van der Waals surface area (Å²) in [6, 6.07) is 10.8. The van der Waals surface area contributed by atoms with E-state index in [1.54, 1.807) is 0 Å². The van der Waals surface area contributed by atoms with Gasteiger partial charge >= 0.3 is 0 Å². The lowest BCUT2D eigenvalue weighted by Crippen LogP contribution is -2.40. The van der Waals surface area contributed by atoms with Crippen LogP contribution in [-0.4, -0.2) is 30.1 Å². The molecule has 1 aromatic carbocycles. The summed E-state index contributed by atoms with van der Waals surface area (Å²) in [6.07, 6.45) is 5.24. The van der Waals surface area contributed by atoms with Gasteiger partial charge in [0.2, 0.25) is 0 Å². The molecule has 2 saturated heterocycles. The molecule has 1 N–H and O–H groups in total. The van der Waals surface area contributed by atoms with Gasteiger partial charge in [0.25, 0.3) is 0 Å². The summed E-state index contributed by atoms with van der Waals surface area (Å²) in [4.78, 5) is 2.67. The number of benzene rings is 1. The molecule has 0 amide bonds. The lowest BCUT2D eigenvalue weighted by Gasteiger charge is -2.27. The molecule has 3 rings (SSSR count). The Morgan fingerprint density at radius 1 is 1.26 bits per heavy atom. The topological polar surface area (TPSA) is 15.3 Å². The van der Waals surface area contributed by atoms with Crippen molar-refractivity contribution in [3.05, 3.63) is 34.3 Å². The van der Waals surface area contributed by atoms with E-state index in [-0.39, 0.29) is 0 Å². The van der Waals surface area contributed by atoms with Crippen LogP contribution in [-0.2, 0) is 0 Å². The van der Waals surface area contributed by atoms with Crippen LogP contribution in [0.15, 0.2) is 28.7 Å². The van der Waals surface area contributed by atoms with Crippen LogP contribution in [0, 0.1) is 0 Å². The van der Waals surface area contributed by atoms with Gasteiger partial charge in [0, 0.05) is 29.1 Å². The molecule has 3 atom stereocenters. The predicted molar refractivity (Wildman–Crippen MR) is 83.3 cm³/mol. The number of nitrogens with one attached hydrogen (secondary N) is 1. The van der Waals surface area contributed by atoms with Crippen LogP contribution < -0.4 is 5.32 Å². The Labute approximate surface area is 124 Å². The van der Waals surface area contributed by atoms with Crippen molar-refractivity contribution < 1.29 is 0 Å². The number of rotatable bonds is 4. The Morgan fingerprint density at radius 3 is 2.79 bits per heavy atom. The molecular formula is C16H23BrN2. The van der Waals surface area contributed by atoms with E-state index in [0.29, 0.717) is 12.1 Å². The van der Waals surface area contributed by atoms with Crippen LogP contribution in [0.2, 0.25) is 0 Å². The number of hydrogen-bond donors (Lipinski definition) is 1.